The van der Waals surface area contributed by atoms with Crippen molar-refractivity contribution >= 4 is 27.5 Å². The molecule has 1 atom stereocenters. The normalized spacial score (nSPS) is 17.2. The number of nitrogens with one attached hydrogen (secondary N) is 2. The second-order valence-electron chi connectivity index (χ2n) is 8.82. The lowest BCUT2D eigenvalue weighted by Gasteiger charge is -2.20. The third-order valence-electron chi connectivity index (χ3n) is 5.44. The van der Waals surface area contributed by atoms with E-state index in [1.807, 2.05) is 0 Å². The van der Waals surface area contributed by atoms with Crippen molar-refractivity contribution in [1.82, 2.24) is 9.62 Å². The smallest absolute Gasteiger partial charge is 0.241 e. The maximum Gasteiger partial charge on any atom is 0.241 e. The summed E-state index contributed by atoms with van der Waals surface area (Å²) < 4.78 is 28.1. The Kier molecular flexibility index (Phi) is 6.11. The predicted octanol–water partition coefficient (Wildman–Crippen LogP) is 1.93. The van der Waals surface area contributed by atoms with E-state index in [-0.39, 0.29) is 28.6 Å². The van der Waals surface area contributed by atoms with Gasteiger partial charge in [-0.25, -0.2) is 8.42 Å². The molecule has 2 aromatic rings. The van der Waals surface area contributed by atoms with Crippen molar-refractivity contribution in [3.8, 4) is 0 Å². The van der Waals surface area contributed by atoms with E-state index < -0.39 is 16.1 Å². The third-order valence-corrected chi connectivity index (χ3v) is 6.93. The average molecular weight is 444 g/mol. The number of carbonyl (C=O) groups excluding carboxylic acids is 1. The molecule has 1 saturated heterocycles. The Hall–Kier alpha value is -2.91. The van der Waals surface area contributed by atoms with Crippen molar-refractivity contribution in [3.05, 3.63) is 59.2 Å². The average Bonchev–Trinajstić information content (AvgIpc) is 3.02. The molecule has 1 fully saturated rings. The summed E-state index contributed by atoms with van der Waals surface area (Å²) in [5, 5.41) is 7.57. The Bertz CT molecular complexity index is 1100. The number of carbonyl (C=O) groups is 1. The van der Waals surface area contributed by atoms with Crippen molar-refractivity contribution in [2.24, 2.45) is 5.73 Å². The van der Waals surface area contributed by atoms with Crippen molar-refractivity contribution in [1.29, 1.82) is 5.41 Å². The molecule has 3 rings (SSSR count). The molecule has 0 bridgehead atoms. The number of nitrogens with two attached hydrogens (primary N) is 2. The van der Waals surface area contributed by atoms with Crippen LogP contribution in [-0.2, 0) is 26.8 Å². The zero-order valence-corrected chi connectivity index (χ0v) is 18.8. The molecule has 0 radical (unpaired) electrons. The van der Waals surface area contributed by atoms with Crippen molar-refractivity contribution in [2.75, 3.05) is 12.3 Å². The van der Waals surface area contributed by atoms with Gasteiger partial charge in [0.2, 0.25) is 15.9 Å². The fourth-order valence-electron chi connectivity index (χ4n) is 3.51. The minimum atomic E-state index is -3.83. The van der Waals surface area contributed by atoms with E-state index in [9.17, 15) is 13.2 Å². The Morgan fingerprint density at radius 1 is 1.19 bits per heavy atom. The number of amidine groups is 1. The van der Waals surface area contributed by atoms with Crippen LogP contribution in [0.4, 0.5) is 5.69 Å². The van der Waals surface area contributed by atoms with E-state index in [0.29, 0.717) is 29.8 Å². The summed E-state index contributed by atoms with van der Waals surface area (Å²) in [5.74, 6) is -0.389. The highest BCUT2D eigenvalue weighted by atomic mass is 32.2. The third kappa shape index (κ3) is 5.05. The van der Waals surface area contributed by atoms with Crippen LogP contribution in [0.25, 0.3) is 0 Å². The number of hydrogen-bond donors (Lipinski definition) is 4. The van der Waals surface area contributed by atoms with E-state index >= 15 is 0 Å². The van der Waals surface area contributed by atoms with E-state index in [1.54, 1.807) is 47.4 Å². The Morgan fingerprint density at radius 3 is 2.42 bits per heavy atom. The van der Waals surface area contributed by atoms with Gasteiger partial charge in [-0.1, -0.05) is 32.9 Å². The molecule has 1 unspecified atom stereocenters. The SMILES string of the molecule is CC(C)(C)c1ccc(S(=O)(=O)NC2CCN(Cc3cc(C(=N)N)ccc3N)C2=O)cc1. The van der Waals surface area contributed by atoms with Crippen LogP contribution in [0.15, 0.2) is 47.4 Å². The Morgan fingerprint density at radius 2 is 1.84 bits per heavy atom. The van der Waals surface area contributed by atoms with Gasteiger partial charge in [0, 0.05) is 24.3 Å². The molecule has 1 amide bonds. The van der Waals surface area contributed by atoms with Gasteiger partial charge in [0.1, 0.15) is 11.9 Å². The van der Waals surface area contributed by atoms with Gasteiger partial charge < -0.3 is 16.4 Å². The largest absolute Gasteiger partial charge is 0.398 e. The fourth-order valence-corrected chi connectivity index (χ4v) is 4.73. The van der Waals surface area contributed by atoms with E-state index in [2.05, 4.69) is 25.5 Å². The van der Waals surface area contributed by atoms with Gasteiger partial charge in [0.25, 0.3) is 0 Å². The van der Waals surface area contributed by atoms with Crippen LogP contribution in [0.2, 0.25) is 0 Å². The summed E-state index contributed by atoms with van der Waals surface area (Å²) in [6, 6.07) is 10.9. The van der Waals surface area contributed by atoms with Crippen LogP contribution in [0.1, 0.15) is 43.9 Å². The number of likely N-dealkylation sites (tertiary alicyclic amines) is 1. The van der Waals surface area contributed by atoms with Crippen LogP contribution in [0.3, 0.4) is 0 Å². The van der Waals surface area contributed by atoms with Gasteiger partial charge in [-0.3, -0.25) is 10.2 Å². The van der Waals surface area contributed by atoms with E-state index in [0.717, 1.165) is 5.56 Å². The first-order valence-electron chi connectivity index (χ1n) is 10.0. The van der Waals surface area contributed by atoms with Crippen LogP contribution in [-0.4, -0.2) is 37.6 Å². The van der Waals surface area contributed by atoms with Crippen molar-refractivity contribution in [3.63, 3.8) is 0 Å². The lowest BCUT2D eigenvalue weighted by Crippen LogP contribution is -2.41. The first-order valence-corrected chi connectivity index (χ1v) is 11.5. The van der Waals surface area contributed by atoms with E-state index in [1.165, 1.54) is 0 Å². The summed E-state index contributed by atoms with van der Waals surface area (Å²) in [6.07, 6.45) is 0.366. The predicted molar refractivity (Wildman–Crippen MR) is 121 cm³/mol. The standard InChI is InChI=1S/C22H29N5O3S/c1-22(2,3)16-5-7-17(8-6-16)31(29,30)26-19-10-11-27(21(19)28)13-15-12-14(20(24)25)4-9-18(15)23/h4-9,12,19,26H,10-11,13,23H2,1-3H3,(H3,24,25). The van der Waals surface area contributed by atoms with Crippen LogP contribution in [0, 0.1) is 5.41 Å². The molecule has 9 heteroatoms. The van der Waals surface area contributed by atoms with Gasteiger partial charge in [0.15, 0.2) is 0 Å². The van der Waals surface area contributed by atoms with Crippen LogP contribution in [0.5, 0.6) is 0 Å². The summed E-state index contributed by atoms with van der Waals surface area (Å²) >= 11 is 0. The van der Waals surface area contributed by atoms with Gasteiger partial charge >= 0.3 is 0 Å². The van der Waals surface area contributed by atoms with Crippen molar-refractivity contribution < 1.29 is 13.2 Å². The molecule has 0 aromatic heterocycles. The second-order valence-corrected chi connectivity index (χ2v) is 10.5. The topological polar surface area (TPSA) is 142 Å². The Labute approximate surface area is 183 Å². The number of benzene rings is 2. The Balaban J connectivity index is 1.71. The number of hydrogen-bond acceptors (Lipinski definition) is 5. The first kappa shape index (κ1) is 22.8. The molecule has 2 aromatic carbocycles. The number of sulfonamides is 1. The number of rotatable bonds is 6. The number of amides is 1. The number of nitrogens with zero attached hydrogens (tertiary/aromatic N) is 1. The highest BCUT2D eigenvalue weighted by molar-refractivity contribution is 7.89. The maximum atomic E-state index is 12.8. The number of nitrogen functional groups attached to an aromatic ring is 2. The molecule has 0 spiro atoms. The lowest BCUT2D eigenvalue weighted by molar-refractivity contribution is -0.129. The van der Waals surface area contributed by atoms with Gasteiger partial charge in [-0.05, 0) is 53.3 Å². The van der Waals surface area contributed by atoms with Gasteiger partial charge in [-0.2, -0.15) is 4.72 Å². The van der Waals surface area contributed by atoms with Crippen molar-refractivity contribution in [2.45, 2.75) is 50.1 Å². The molecule has 1 aliphatic rings. The monoisotopic (exact) mass is 443 g/mol. The molecule has 166 valence electrons. The zero-order chi connectivity index (χ0) is 23.0. The minimum absolute atomic E-state index is 0.0841. The highest BCUT2D eigenvalue weighted by Crippen LogP contribution is 2.25. The molecule has 31 heavy (non-hydrogen) atoms. The first-order chi connectivity index (χ1) is 14.4. The zero-order valence-electron chi connectivity index (χ0n) is 18.0. The fraction of sp³-hybridized carbons (Fsp3) is 0.364. The summed E-state index contributed by atoms with van der Waals surface area (Å²) in [4.78, 5) is 14.5. The summed E-state index contributed by atoms with van der Waals surface area (Å²) in [7, 11) is -3.83. The van der Waals surface area contributed by atoms with Gasteiger partial charge in [0.05, 0.1) is 4.90 Å². The van der Waals surface area contributed by atoms with Crippen LogP contribution < -0.4 is 16.2 Å². The molecule has 6 N–H and O–H groups in total. The molecule has 8 nitrogen and oxygen atoms in total. The number of anilines is 1. The van der Waals surface area contributed by atoms with E-state index in [4.69, 9.17) is 16.9 Å². The molecule has 1 heterocycles. The lowest BCUT2D eigenvalue weighted by atomic mass is 9.87. The molecule has 0 aliphatic carbocycles. The summed E-state index contributed by atoms with van der Waals surface area (Å²) in [6.45, 7) is 6.79. The second kappa shape index (κ2) is 8.32. The molecule has 1 aliphatic heterocycles. The summed E-state index contributed by atoms with van der Waals surface area (Å²) in [5.41, 5.74) is 14.2. The molecular weight excluding hydrogens is 414 g/mol. The molecular formula is C22H29N5O3S. The van der Waals surface area contributed by atoms with Crippen LogP contribution >= 0.6 is 0 Å². The highest BCUT2D eigenvalue weighted by Gasteiger charge is 2.35. The minimum Gasteiger partial charge on any atom is -0.398 e. The maximum absolute atomic E-state index is 12.8. The quantitative estimate of drug-likeness (QED) is 0.306. The molecule has 0 saturated carbocycles. The van der Waals surface area contributed by atoms with Gasteiger partial charge in [-0.15, -0.1) is 0 Å².